The van der Waals surface area contributed by atoms with Gasteiger partial charge in [0.25, 0.3) is 5.91 Å². The molecule has 0 unspecified atom stereocenters. The van der Waals surface area contributed by atoms with Crippen molar-refractivity contribution in [3.05, 3.63) is 95.8 Å². The Balaban J connectivity index is 0.00000207. The fourth-order valence-electron chi connectivity index (χ4n) is 5.19. The molecule has 2 aromatic carbocycles. The number of alkyl halides is 3. The molecule has 0 saturated carbocycles. The quantitative estimate of drug-likeness (QED) is 0.238. The Kier molecular flexibility index (Phi) is 9.46. The molecule has 1 atom stereocenters. The van der Waals surface area contributed by atoms with Crippen LogP contribution >= 0.6 is 0 Å². The minimum Gasteiger partial charge on any atom is -0.497 e. The second-order valence-corrected chi connectivity index (χ2v) is 9.68. The molecule has 8 nitrogen and oxygen atoms in total. The fraction of sp³-hybridized carbons (Fsp3) is 0.300. The molecule has 4 aromatic rings. The highest BCUT2D eigenvalue weighted by atomic mass is 19.4. The number of rotatable bonds is 6. The summed E-state index contributed by atoms with van der Waals surface area (Å²) in [5.74, 6) is -1.57. The number of methoxy groups -OCH3 is 1. The zero-order valence-electron chi connectivity index (χ0n) is 23.5. The van der Waals surface area contributed by atoms with E-state index in [2.05, 4.69) is 23.2 Å². The Bertz CT molecular complexity index is 1580. The predicted octanol–water partition coefficient (Wildman–Crippen LogP) is 5.30. The lowest BCUT2D eigenvalue weighted by Gasteiger charge is -2.38. The van der Waals surface area contributed by atoms with Crippen molar-refractivity contribution in [2.24, 2.45) is 0 Å². The van der Waals surface area contributed by atoms with Crippen LogP contribution in [0.15, 0.2) is 61.8 Å². The van der Waals surface area contributed by atoms with Crippen LogP contribution in [0.3, 0.4) is 0 Å². The smallest absolute Gasteiger partial charge is 0.433 e. The molecule has 1 N–H and O–H groups in total. The fourth-order valence-corrected chi connectivity index (χ4v) is 5.19. The lowest BCUT2D eigenvalue weighted by atomic mass is 10.0. The molecule has 1 aliphatic rings. The number of aromatic nitrogens is 3. The van der Waals surface area contributed by atoms with Gasteiger partial charge in [-0.15, -0.1) is 13.2 Å². The maximum atomic E-state index is 14.2. The summed E-state index contributed by atoms with van der Waals surface area (Å²) >= 11 is 0. The van der Waals surface area contributed by atoms with Gasteiger partial charge in [0.1, 0.15) is 22.9 Å². The number of piperazine rings is 1. The molecule has 1 aliphatic heterocycles. The van der Waals surface area contributed by atoms with E-state index in [0.717, 1.165) is 24.4 Å². The van der Waals surface area contributed by atoms with E-state index in [-0.39, 0.29) is 54.2 Å². The summed E-state index contributed by atoms with van der Waals surface area (Å²) in [4.78, 5) is 21.2. The Hall–Kier alpha value is -4.36. The molecule has 5 rings (SSSR count). The third-order valence-electron chi connectivity index (χ3n) is 7.23. The van der Waals surface area contributed by atoms with Gasteiger partial charge in [0, 0.05) is 43.4 Å². The standard InChI is InChI=1S/C28H26F5N5O3.C2H4/c1-16-24(17-3-5-21(41-2)6-4-17)35-26-22(14-34-38(26)25(16)28(31,32)33)27(40)37-9-7-36(8-10-37)23(15-39)18-11-19(29)13-20(30)12-18;1-2/h3-6,11-14,23,39H,7-10,15H2,1-2H3;1-2H2/t23-;/m1./s1. The van der Waals surface area contributed by atoms with Crippen LogP contribution in [-0.2, 0) is 6.18 Å². The van der Waals surface area contributed by atoms with Gasteiger partial charge in [-0.2, -0.15) is 18.3 Å². The van der Waals surface area contributed by atoms with Gasteiger partial charge in [-0.1, -0.05) is 0 Å². The average Bonchev–Trinajstić information content (AvgIpc) is 3.40. The summed E-state index contributed by atoms with van der Waals surface area (Å²) in [5, 5.41) is 13.8. The van der Waals surface area contributed by atoms with E-state index in [1.807, 2.05) is 0 Å². The second-order valence-electron chi connectivity index (χ2n) is 9.68. The zero-order valence-corrected chi connectivity index (χ0v) is 23.5. The van der Waals surface area contributed by atoms with E-state index in [0.29, 0.717) is 15.8 Å². The van der Waals surface area contributed by atoms with Gasteiger partial charge in [0.15, 0.2) is 11.3 Å². The first kappa shape index (κ1) is 31.6. The number of hydrogen-bond acceptors (Lipinski definition) is 6. The number of nitrogens with zero attached hydrogens (tertiary/aromatic N) is 5. The number of aliphatic hydroxyl groups excluding tert-OH is 1. The molecule has 0 bridgehead atoms. The van der Waals surface area contributed by atoms with Gasteiger partial charge in [-0.25, -0.2) is 18.3 Å². The highest BCUT2D eigenvalue weighted by Gasteiger charge is 2.39. The lowest BCUT2D eigenvalue weighted by Crippen LogP contribution is -2.50. The molecular weight excluding hydrogens is 573 g/mol. The van der Waals surface area contributed by atoms with Crippen molar-refractivity contribution >= 4 is 11.6 Å². The molecule has 0 radical (unpaired) electrons. The van der Waals surface area contributed by atoms with Gasteiger partial charge in [0.2, 0.25) is 0 Å². The van der Waals surface area contributed by atoms with E-state index >= 15 is 0 Å². The second kappa shape index (κ2) is 12.9. The van der Waals surface area contributed by atoms with Crippen LogP contribution in [0.5, 0.6) is 5.75 Å². The monoisotopic (exact) mass is 603 g/mol. The highest BCUT2D eigenvalue weighted by molar-refractivity contribution is 6.00. The third-order valence-corrected chi connectivity index (χ3v) is 7.23. The topological polar surface area (TPSA) is 83.2 Å². The largest absolute Gasteiger partial charge is 0.497 e. The number of hydrogen-bond donors (Lipinski definition) is 1. The van der Waals surface area contributed by atoms with Gasteiger partial charge in [0.05, 0.1) is 31.6 Å². The van der Waals surface area contributed by atoms with Crippen LogP contribution in [0.2, 0.25) is 0 Å². The van der Waals surface area contributed by atoms with Crippen molar-refractivity contribution in [1.29, 1.82) is 0 Å². The van der Waals surface area contributed by atoms with Crippen LogP contribution in [0.25, 0.3) is 16.9 Å². The molecule has 3 heterocycles. The molecule has 43 heavy (non-hydrogen) atoms. The molecule has 228 valence electrons. The van der Waals surface area contributed by atoms with E-state index in [9.17, 15) is 31.9 Å². The minimum atomic E-state index is -4.78. The molecule has 1 amide bonds. The molecule has 0 spiro atoms. The van der Waals surface area contributed by atoms with E-state index < -0.39 is 42.1 Å². The number of ether oxygens (including phenoxy) is 1. The molecule has 13 heteroatoms. The first-order valence-electron chi connectivity index (χ1n) is 13.2. The van der Waals surface area contributed by atoms with E-state index in [1.165, 1.54) is 18.9 Å². The van der Waals surface area contributed by atoms with Crippen molar-refractivity contribution in [3.8, 4) is 17.0 Å². The molecule has 2 aromatic heterocycles. The number of carbonyl (C=O) groups excluding carboxylic acids is 1. The number of amides is 1. The van der Waals surface area contributed by atoms with Crippen LogP contribution in [0, 0.1) is 18.6 Å². The van der Waals surface area contributed by atoms with Gasteiger partial charge >= 0.3 is 6.18 Å². The van der Waals surface area contributed by atoms with E-state index in [1.54, 1.807) is 29.2 Å². The van der Waals surface area contributed by atoms with Crippen molar-refractivity contribution in [3.63, 3.8) is 0 Å². The molecular formula is C30H30F5N5O3. The maximum Gasteiger partial charge on any atom is 0.433 e. The normalized spacial score (nSPS) is 14.7. The average molecular weight is 604 g/mol. The Morgan fingerprint density at radius 2 is 1.65 bits per heavy atom. The van der Waals surface area contributed by atoms with Gasteiger partial charge in [-0.05, 0) is 48.9 Å². The summed E-state index contributed by atoms with van der Waals surface area (Å²) < 4.78 is 76.0. The van der Waals surface area contributed by atoms with Crippen molar-refractivity contribution < 1.29 is 36.6 Å². The maximum absolute atomic E-state index is 14.2. The molecule has 0 aliphatic carbocycles. The van der Waals surface area contributed by atoms with Crippen molar-refractivity contribution in [2.75, 3.05) is 39.9 Å². The van der Waals surface area contributed by atoms with E-state index in [4.69, 9.17) is 4.74 Å². The lowest BCUT2D eigenvalue weighted by molar-refractivity contribution is -0.143. The first-order valence-corrected chi connectivity index (χ1v) is 13.2. The summed E-state index contributed by atoms with van der Waals surface area (Å²) in [6.07, 6.45) is -3.70. The van der Waals surface area contributed by atoms with Crippen LogP contribution in [0.4, 0.5) is 22.0 Å². The Morgan fingerprint density at radius 1 is 1.05 bits per heavy atom. The number of halogens is 5. The predicted molar refractivity (Wildman–Crippen MR) is 150 cm³/mol. The SMILES string of the molecule is C=C.COc1ccc(-c2nc3c(C(=O)N4CCN([C@H](CO)c5cc(F)cc(F)c5)CC4)cnn3c(C(F)(F)F)c2C)cc1. The zero-order chi connectivity index (χ0) is 31.5. The number of benzene rings is 2. The highest BCUT2D eigenvalue weighted by Crippen LogP contribution is 2.37. The third kappa shape index (κ3) is 6.37. The van der Waals surface area contributed by atoms with Crippen LogP contribution in [-0.4, -0.2) is 75.3 Å². The Morgan fingerprint density at radius 3 is 2.19 bits per heavy atom. The summed E-state index contributed by atoms with van der Waals surface area (Å²) in [7, 11) is 1.47. The van der Waals surface area contributed by atoms with Crippen LogP contribution in [0.1, 0.15) is 33.2 Å². The molecule has 1 fully saturated rings. The number of aliphatic hydroxyl groups is 1. The number of carbonyl (C=O) groups is 1. The Labute approximate surface area is 244 Å². The summed E-state index contributed by atoms with van der Waals surface area (Å²) in [6, 6.07) is 8.72. The van der Waals surface area contributed by atoms with Gasteiger partial charge in [-0.3, -0.25) is 9.69 Å². The molecule has 1 saturated heterocycles. The number of fused-ring (bicyclic) bond motifs is 1. The minimum absolute atomic E-state index is 0.0555. The summed E-state index contributed by atoms with van der Waals surface area (Å²) in [6.45, 7) is 7.74. The van der Waals surface area contributed by atoms with Crippen LogP contribution < -0.4 is 4.74 Å². The first-order chi connectivity index (χ1) is 20.5. The summed E-state index contributed by atoms with van der Waals surface area (Å²) in [5.41, 5.74) is -0.778. The van der Waals surface area contributed by atoms with Crippen molar-refractivity contribution in [2.45, 2.75) is 19.1 Å². The van der Waals surface area contributed by atoms with Crippen molar-refractivity contribution in [1.82, 2.24) is 24.4 Å². The van der Waals surface area contributed by atoms with Gasteiger partial charge < -0.3 is 14.7 Å².